The van der Waals surface area contributed by atoms with Gasteiger partial charge in [-0.1, -0.05) is 6.07 Å². The van der Waals surface area contributed by atoms with Gasteiger partial charge in [-0.2, -0.15) is 5.10 Å². The number of halogens is 1. The summed E-state index contributed by atoms with van der Waals surface area (Å²) in [7, 11) is 1.59. The molecule has 1 N–H and O–H groups in total. The lowest BCUT2D eigenvalue weighted by Crippen LogP contribution is -2.19. The molecular weight excluding hydrogens is 271 g/mol. The molecule has 0 fully saturated rings. The summed E-state index contributed by atoms with van der Waals surface area (Å²) in [6.07, 6.45) is 0. The number of hydrazone groups is 1. The van der Waals surface area contributed by atoms with Gasteiger partial charge in [0.15, 0.2) is 0 Å². The molecule has 0 spiro atoms. The third-order valence-corrected chi connectivity index (χ3v) is 2.92. The number of amides is 1. The van der Waals surface area contributed by atoms with Gasteiger partial charge in [-0.3, -0.25) is 4.79 Å². The fourth-order valence-corrected chi connectivity index (χ4v) is 1.73. The highest BCUT2D eigenvalue weighted by Crippen LogP contribution is 2.12. The third-order valence-electron chi connectivity index (χ3n) is 2.92. The second-order valence-corrected chi connectivity index (χ2v) is 4.38. The molecule has 0 heterocycles. The minimum Gasteiger partial charge on any atom is -0.497 e. The van der Waals surface area contributed by atoms with E-state index in [2.05, 4.69) is 10.5 Å². The molecule has 0 saturated heterocycles. The summed E-state index contributed by atoms with van der Waals surface area (Å²) >= 11 is 0. The maximum absolute atomic E-state index is 13.0. The monoisotopic (exact) mass is 286 g/mol. The Morgan fingerprint density at radius 3 is 2.48 bits per heavy atom. The van der Waals surface area contributed by atoms with Gasteiger partial charge < -0.3 is 4.74 Å². The molecule has 0 saturated carbocycles. The molecule has 0 aliphatic carbocycles. The highest BCUT2D eigenvalue weighted by atomic mass is 19.1. The van der Waals surface area contributed by atoms with Crippen molar-refractivity contribution >= 4 is 11.6 Å². The Morgan fingerprint density at radius 2 is 1.86 bits per heavy atom. The van der Waals surface area contributed by atoms with E-state index in [9.17, 15) is 9.18 Å². The van der Waals surface area contributed by atoms with Crippen molar-refractivity contribution in [1.82, 2.24) is 5.43 Å². The minimum absolute atomic E-state index is 0.223. The van der Waals surface area contributed by atoms with Crippen LogP contribution < -0.4 is 10.2 Å². The van der Waals surface area contributed by atoms with E-state index in [1.165, 1.54) is 18.2 Å². The summed E-state index contributed by atoms with van der Waals surface area (Å²) in [4.78, 5) is 11.8. The molecule has 2 aromatic rings. The summed E-state index contributed by atoms with van der Waals surface area (Å²) in [5.74, 6) is -0.170. The lowest BCUT2D eigenvalue weighted by molar-refractivity contribution is 0.0954. The van der Waals surface area contributed by atoms with E-state index in [0.717, 1.165) is 17.4 Å². The predicted molar refractivity (Wildman–Crippen MR) is 79.1 cm³/mol. The van der Waals surface area contributed by atoms with Crippen LogP contribution >= 0.6 is 0 Å². The van der Waals surface area contributed by atoms with Gasteiger partial charge in [0.2, 0.25) is 0 Å². The number of rotatable bonds is 4. The van der Waals surface area contributed by atoms with Crippen LogP contribution in [0.1, 0.15) is 22.8 Å². The van der Waals surface area contributed by atoms with E-state index in [1.54, 1.807) is 14.0 Å². The van der Waals surface area contributed by atoms with Crippen LogP contribution in [0.5, 0.6) is 5.75 Å². The molecule has 21 heavy (non-hydrogen) atoms. The standard InChI is InChI=1S/C16H15FN2O2/c1-11(12-6-8-15(21-2)9-7-12)18-19-16(20)13-4-3-5-14(17)10-13/h3-10H,1-2H3,(H,19,20)/b18-11-. The summed E-state index contributed by atoms with van der Waals surface area (Å²) < 4.78 is 18.1. The van der Waals surface area contributed by atoms with Crippen molar-refractivity contribution < 1.29 is 13.9 Å². The van der Waals surface area contributed by atoms with Crippen molar-refractivity contribution in [2.75, 3.05) is 7.11 Å². The predicted octanol–water partition coefficient (Wildman–Crippen LogP) is 2.99. The fourth-order valence-electron chi connectivity index (χ4n) is 1.73. The van der Waals surface area contributed by atoms with Crippen molar-refractivity contribution in [2.45, 2.75) is 6.92 Å². The summed E-state index contributed by atoms with van der Waals surface area (Å²) in [6, 6.07) is 12.7. The number of nitrogens with zero attached hydrogens (tertiary/aromatic N) is 1. The van der Waals surface area contributed by atoms with E-state index in [4.69, 9.17) is 4.74 Å². The smallest absolute Gasteiger partial charge is 0.271 e. The fraction of sp³-hybridized carbons (Fsp3) is 0.125. The molecule has 0 atom stereocenters. The normalized spacial score (nSPS) is 11.1. The average Bonchev–Trinajstić information content (AvgIpc) is 2.52. The molecule has 0 aromatic heterocycles. The second-order valence-electron chi connectivity index (χ2n) is 4.38. The van der Waals surface area contributed by atoms with Gasteiger partial charge >= 0.3 is 0 Å². The molecule has 1 amide bonds. The van der Waals surface area contributed by atoms with E-state index in [-0.39, 0.29) is 5.56 Å². The molecular formula is C16H15FN2O2. The van der Waals surface area contributed by atoms with E-state index in [0.29, 0.717) is 5.71 Å². The number of methoxy groups -OCH3 is 1. The van der Waals surface area contributed by atoms with Crippen LogP contribution in [-0.4, -0.2) is 18.7 Å². The number of hydrogen-bond acceptors (Lipinski definition) is 3. The topological polar surface area (TPSA) is 50.7 Å². The Balaban J connectivity index is 2.07. The largest absolute Gasteiger partial charge is 0.497 e. The van der Waals surface area contributed by atoms with E-state index >= 15 is 0 Å². The van der Waals surface area contributed by atoms with Gasteiger partial charge in [0, 0.05) is 5.56 Å². The summed E-state index contributed by atoms with van der Waals surface area (Å²) in [5.41, 5.74) is 4.13. The molecule has 4 nitrogen and oxygen atoms in total. The Bertz CT molecular complexity index is 666. The van der Waals surface area contributed by atoms with Gasteiger partial charge in [0.25, 0.3) is 5.91 Å². The number of benzene rings is 2. The number of nitrogens with one attached hydrogen (secondary N) is 1. The summed E-state index contributed by atoms with van der Waals surface area (Å²) in [5, 5.41) is 4.01. The second kappa shape index (κ2) is 6.65. The Labute approximate surface area is 122 Å². The lowest BCUT2D eigenvalue weighted by atomic mass is 10.1. The SMILES string of the molecule is COc1ccc(/C(C)=N\NC(=O)c2cccc(F)c2)cc1. The van der Waals surface area contributed by atoms with Gasteiger partial charge in [0.1, 0.15) is 11.6 Å². The quantitative estimate of drug-likeness (QED) is 0.694. The molecule has 2 aromatic carbocycles. The molecule has 5 heteroatoms. The van der Waals surface area contributed by atoms with Gasteiger partial charge in [-0.25, -0.2) is 9.82 Å². The van der Waals surface area contributed by atoms with Crippen LogP contribution in [0.2, 0.25) is 0 Å². The first-order chi connectivity index (χ1) is 10.1. The first kappa shape index (κ1) is 14.7. The van der Waals surface area contributed by atoms with Crippen LogP contribution in [0.4, 0.5) is 4.39 Å². The zero-order chi connectivity index (χ0) is 15.2. The molecule has 0 bridgehead atoms. The third kappa shape index (κ3) is 3.89. The first-order valence-corrected chi connectivity index (χ1v) is 6.35. The van der Waals surface area contributed by atoms with Crippen molar-refractivity contribution in [3.8, 4) is 5.75 Å². The maximum atomic E-state index is 13.0. The Kier molecular flexibility index (Phi) is 4.66. The number of hydrogen-bond donors (Lipinski definition) is 1. The van der Waals surface area contributed by atoms with Crippen molar-refractivity contribution in [2.24, 2.45) is 5.10 Å². The Hall–Kier alpha value is -2.69. The zero-order valence-corrected chi connectivity index (χ0v) is 11.8. The highest BCUT2D eigenvalue weighted by Gasteiger charge is 2.06. The molecule has 0 radical (unpaired) electrons. The summed E-state index contributed by atoms with van der Waals surface area (Å²) in [6.45, 7) is 1.77. The van der Waals surface area contributed by atoms with Crippen LogP contribution in [0.15, 0.2) is 53.6 Å². The van der Waals surface area contributed by atoms with E-state index in [1.807, 2.05) is 24.3 Å². The van der Waals surface area contributed by atoms with Crippen LogP contribution in [-0.2, 0) is 0 Å². The molecule has 0 aliphatic rings. The van der Waals surface area contributed by atoms with Crippen LogP contribution in [0, 0.1) is 5.82 Å². The van der Waals surface area contributed by atoms with Crippen molar-refractivity contribution in [3.05, 3.63) is 65.5 Å². The van der Waals surface area contributed by atoms with Crippen LogP contribution in [0.3, 0.4) is 0 Å². The molecule has 108 valence electrons. The molecule has 0 aliphatic heterocycles. The lowest BCUT2D eigenvalue weighted by Gasteiger charge is -2.04. The van der Waals surface area contributed by atoms with Gasteiger partial charge in [-0.15, -0.1) is 0 Å². The Morgan fingerprint density at radius 1 is 1.14 bits per heavy atom. The molecule has 2 rings (SSSR count). The van der Waals surface area contributed by atoms with Crippen molar-refractivity contribution in [3.63, 3.8) is 0 Å². The van der Waals surface area contributed by atoms with Crippen molar-refractivity contribution in [1.29, 1.82) is 0 Å². The van der Waals surface area contributed by atoms with E-state index < -0.39 is 11.7 Å². The first-order valence-electron chi connectivity index (χ1n) is 6.35. The zero-order valence-electron chi connectivity index (χ0n) is 11.8. The average molecular weight is 286 g/mol. The minimum atomic E-state index is -0.460. The number of ether oxygens (including phenoxy) is 1. The van der Waals surface area contributed by atoms with Gasteiger partial charge in [-0.05, 0) is 55.0 Å². The number of carbonyl (C=O) groups is 1. The number of carbonyl (C=O) groups excluding carboxylic acids is 1. The molecule has 0 unspecified atom stereocenters. The highest BCUT2D eigenvalue weighted by molar-refractivity contribution is 6.00. The maximum Gasteiger partial charge on any atom is 0.271 e. The van der Waals surface area contributed by atoms with Crippen LogP contribution in [0.25, 0.3) is 0 Å². The van der Waals surface area contributed by atoms with Gasteiger partial charge in [0.05, 0.1) is 12.8 Å².